The van der Waals surface area contributed by atoms with Crippen molar-refractivity contribution in [3.05, 3.63) is 35.9 Å². The third-order valence-corrected chi connectivity index (χ3v) is 4.39. The summed E-state index contributed by atoms with van der Waals surface area (Å²) < 4.78 is 0. The Kier molecular flexibility index (Phi) is 6.34. The van der Waals surface area contributed by atoms with E-state index in [4.69, 9.17) is 0 Å². The second-order valence-corrected chi connectivity index (χ2v) is 6.91. The molecule has 1 saturated heterocycles. The highest BCUT2D eigenvalue weighted by molar-refractivity contribution is 5.90. The number of hydrazine groups is 1. The second-order valence-electron chi connectivity index (χ2n) is 6.91. The van der Waals surface area contributed by atoms with Gasteiger partial charge in [0.1, 0.15) is 12.1 Å². The van der Waals surface area contributed by atoms with Crippen LogP contribution >= 0.6 is 0 Å². The van der Waals surface area contributed by atoms with E-state index in [1.807, 2.05) is 30.3 Å². The molecule has 6 nitrogen and oxygen atoms in total. The number of nitrogens with zero attached hydrogens (tertiary/aromatic N) is 1. The molecule has 0 saturated carbocycles. The van der Waals surface area contributed by atoms with Crippen LogP contribution in [-0.4, -0.2) is 48.9 Å². The summed E-state index contributed by atoms with van der Waals surface area (Å²) in [5.41, 5.74) is 7.22. The van der Waals surface area contributed by atoms with E-state index in [9.17, 15) is 9.59 Å². The summed E-state index contributed by atoms with van der Waals surface area (Å²) in [5, 5.41) is 2.92. The minimum Gasteiger partial charge on any atom is -0.347 e. The van der Waals surface area contributed by atoms with Crippen LogP contribution in [0.2, 0.25) is 0 Å². The zero-order chi connectivity index (χ0) is 17.7. The number of rotatable bonds is 6. The highest BCUT2D eigenvalue weighted by Gasteiger charge is 2.33. The van der Waals surface area contributed by atoms with Crippen LogP contribution in [0.15, 0.2) is 30.3 Å². The SMILES string of the molecule is CC(C)C1CC(C(=O)NC(Cc2ccccc2)C(=O)N(C)C)NN1. The Bertz CT molecular complexity index is 559. The number of hydrogen-bond acceptors (Lipinski definition) is 4. The molecular formula is C18H28N4O2. The van der Waals surface area contributed by atoms with Crippen molar-refractivity contribution in [2.75, 3.05) is 14.1 Å². The number of likely N-dealkylation sites (N-methyl/N-ethyl adjacent to an activating group) is 1. The second kappa shape index (κ2) is 8.26. The summed E-state index contributed by atoms with van der Waals surface area (Å²) in [6.07, 6.45) is 1.20. The van der Waals surface area contributed by atoms with Gasteiger partial charge in [0.15, 0.2) is 0 Å². The number of amides is 2. The number of carbonyl (C=O) groups excluding carboxylic acids is 2. The molecular weight excluding hydrogens is 304 g/mol. The third kappa shape index (κ3) is 4.79. The number of carbonyl (C=O) groups is 2. The summed E-state index contributed by atoms with van der Waals surface area (Å²) in [5.74, 6) is 0.208. The van der Waals surface area contributed by atoms with Crippen LogP contribution in [0.5, 0.6) is 0 Å². The molecule has 0 spiro atoms. The lowest BCUT2D eigenvalue weighted by Gasteiger charge is -2.23. The Hall–Kier alpha value is -1.92. The van der Waals surface area contributed by atoms with Gasteiger partial charge in [0.2, 0.25) is 11.8 Å². The summed E-state index contributed by atoms with van der Waals surface area (Å²) in [4.78, 5) is 26.5. The smallest absolute Gasteiger partial charge is 0.244 e. The Balaban J connectivity index is 2.02. The van der Waals surface area contributed by atoms with Crippen molar-refractivity contribution in [2.45, 2.75) is 44.8 Å². The van der Waals surface area contributed by atoms with E-state index >= 15 is 0 Å². The number of nitrogens with one attached hydrogen (secondary N) is 3. The maximum atomic E-state index is 12.6. The number of benzene rings is 1. The predicted molar refractivity (Wildman–Crippen MR) is 94.1 cm³/mol. The van der Waals surface area contributed by atoms with Gasteiger partial charge in [-0.05, 0) is 17.9 Å². The molecule has 6 heteroatoms. The molecule has 0 radical (unpaired) electrons. The Morgan fingerprint density at radius 1 is 1.21 bits per heavy atom. The molecule has 3 unspecified atom stereocenters. The van der Waals surface area contributed by atoms with Crippen molar-refractivity contribution in [2.24, 2.45) is 5.92 Å². The van der Waals surface area contributed by atoms with Gasteiger partial charge in [-0.1, -0.05) is 44.2 Å². The highest BCUT2D eigenvalue weighted by Crippen LogP contribution is 2.14. The van der Waals surface area contributed by atoms with Gasteiger partial charge in [-0.25, -0.2) is 5.43 Å². The lowest BCUT2D eigenvalue weighted by Crippen LogP contribution is -2.52. The van der Waals surface area contributed by atoms with Gasteiger partial charge in [-0.2, -0.15) is 0 Å². The van der Waals surface area contributed by atoms with Crippen LogP contribution in [0.1, 0.15) is 25.8 Å². The van der Waals surface area contributed by atoms with Crippen LogP contribution in [-0.2, 0) is 16.0 Å². The van der Waals surface area contributed by atoms with E-state index in [0.717, 1.165) is 12.0 Å². The fourth-order valence-electron chi connectivity index (χ4n) is 2.82. The lowest BCUT2D eigenvalue weighted by molar-refractivity contribution is -0.134. The average molecular weight is 332 g/mol. The fraction of sp³-hybridized carbons (Fsp3) is 0.556. The standard InChI is InChI=1S/C18H28N4O2/c1-12(2)14-11-15(21-20-14)17(23)19-16(18(24)22(3)4)10-13-8-6-5-7-9-13/h5-9,12,14-16,20-21H,10-11H2,1-4H3,(H,19,23). The molecule has 1 fully saturated rings. The van der Waals surface area contributed by atoms with Crippen LogP contribution < -0.4 is 16.2 Å². The zero-order valence-corrected chi connectivity index (χ0v) is 14.9. The normalized spacial score (nSPS) is 21.5. The monoisotopic (exact) mass is 332 g/mol. The number of hydrogen-bond donors (Lipinski definition) is 3. The quantitative estimate of drug-likeness (QED) is 0.717. The lowest BCUT2D eigenvalue weighted by atomic mass is 9.99. The molecule has 1 aromatic rings. The molecule has 2 rings (SSSR count). The van der Waals surface area contributed by atoms with Crippen LogP contribution in [0.3, 0.4) is 0 Å². The Morgan fingerprint density at radius 3 is 2.42 bits per heavy atom. The molecule has 1 aliphatic heterocycles. The van der Waals surface area contributed by atoms with Gasteiger partial charge in [0.25, 0.3) is 0 Å². The zero-order valence-electron chi connectivity index (χ0n) is 14.9. The molecule has 0 aromatic heterocycles. The van der Waals surface area contributed by atoms with Gasteiger partial charge in [0.05, 0.1) is 0 Å². The van der Waals surface area contributed by atoms with Crippen LogP contribution in [0, 0.1) is 5.92 Å². The van der Waals surface area contributed by atoms with Gasteiger partial charge in [-0.3, -0.25) is 15.0 Å². The first-order valence-electron chi connectivity index (χ1n) is 8.45. The van der Waals surface area contributed by atoms with E-state index in [1.165, 1.54) is 4.90 Å². The molecule has 1 heterocycles. The van der Waals surface area contributed by atoms with Gasteiger partial charge < -0.3 is 10.2 Å². The first-order chi connectivity index (χ1) is 11.4. The topological polar surface area (TPSA) is 73.5 Å². The molecule has 1 aromatic carbocycles. The Labute approximate surface area is 144 Å². The molecule has 24 heavy (non-hydrogen) atoms. The average Bonchev–Trinajstić information content (AvgIpc) is 3.04. The third-order valence-electron chi connectivity index (χ3n) is 4.39. The summed E-state index contributed by atoms with van der Waals surface area (Å²) in [6.45, 7) is 4.24. The molecule has 3 atom stereocenters. The molecule has 132 valence electrons. The van der Waals surface area contributed by atoms with Gasteiger partial charge in [-0.15, -0.1) is 0 Å². The van der Waals surface area contributed by atoms with Crippen molar-refractivity contribution in [3.8, 4) is 0 Å². The van der Waals surface area contributed by atoms with Gasteiger partial charge in [0, 0.05) is 26.6 Å². The van der Waals surface area contributed by atoms with Crippen molar-refractivity contribution in [1.29, 1.82) is 0 Å². The maximum Gasteiger partial charge on any atom is 0.244 e. The first-order valence-corrected chi connectivity index (χ1v) is 8.45. The van der Waals surface area contributed by atoms with E-state index in [2.05, 4.69) is 30.0 Å². The minimum atomic E-state index is -0.560. The minimum absolute atomic E-state index is 0.0985. The summed E-state index contributed by atoms with van der Waals surface area (Å²) in [6, 6.07) is 9.12. The summed E-state index contributed by atoms with van der Waals surface area (Å²) in [7, 11) is 3.41. The molecule has 3 N–H and O–H groups in total. The van der Waals surface area contributed by atoms with Gasteiger partial charge >= 0.3 is 0 Å². The van der Waals surface area contributed by atoms with E-state index in [1.54, 1.807) is 14.1 Å². The fourth-order valence-corrected chi connectivity index (χ4v) is 2.82. The highest BCUT2D eigenvalue weighted by atomic mass is 16.2. The van der Waals surface area contributed by atoms with E-state index < -0.39 is 6.04 Å². The predicted octanol–water partition coefficient (Wildman–Crippen LogP) is 0.693. The largest absolute Gasteiger partial charge is 0.347 e. The van der Waals surface area contributed by atoms with E-state index in [-0.39, 0.29) is 23.9 Å². The molecule has 1 aliphatic rings. The van der Waals surface area contributed by atoms with Crippen molar-refractivity contribution < 1.29 is 9.59 Å². The Morgan fingerprint density at radius 2 is 1.88 bits per heavy atom. The van der Waals surface area contributed by atoms with Crippen molar-refractivity contribution in [3.63, 3.8) is 0 Å². The summed E-state index contributed by atoms with van der Waals surface area (Å²) >= 11 is 0. The van der Waals surface area contributed by atoms with Crippen molar-refractivity contribution in [1.82, 2.24) is 21.1 Å². The van der Waals surface area contributed by atoms with Crippen LogP contribution in [0.25, 0.3) is 0 Å². The van der Waals surface area contributed by atoms with Crippen molar-refractivity contribution >= 4 is 11.8 Å². The maximum absolute atomic E-state index is 12.6. The molecule has 0 bridgehead atoms. The van der Waals surface area contributed by atoms with E-state index in [0.29, 0.717) is 12.3 Å². The molecule has 0 aliphatic carbocycles. The first kappa shape index (κ1) is 18.4. The molecule has 2 amide bonds. The van der Waals surface area contributed by atoms with Crippen LogP contribution in [0.4, 0.5) is 0 Å².